The first-order valence-corrected chi connectivity index (χ1v) is 5.79. The van der Waals surface area contributed by atoms with Gasteiger partial charge in [-0.2, -0.15) is 0 Å². The van der Waals surface area contributed by atoms with Crippen LogP contribution in [0.25, 0.3) is 0 Å². The molecule has 1 aromatic heterocycles. The molecule has 1 atom stereocenters. The van der Waals surface area contributed by atoms with Gasteiger partial charge in [0, 0.05) is 29.9 Å². The van der Waals surface area contributed by atoms with Gasteiger partial charge in [0.25, 0.3) is 0 Å². The van der Waals surface area contributed by atoms with Crippen LogP contribution < -0.4 is 10.5 Å². The fourth-order valence-corrected chi connectivity index (χ4v) is 1.82. The quantitative estimate of drug-likeness (QED) is 0.923. The number of ether oxygens (including phenoxy) is 1. The molecule has 0 aliphatic rings. The Morgan fingerprint density at radius 3 is 2.63 bits per heavy atom. The van der Waals surface area contributed by atoms with Gasteiger partial charge in [-0.15, -0.1) is 0 Å². The summed E-state index contributed by atoms with van der Waals surface area (Å²) in [5, 5.41) is 0. The van der Waals surface area contributed by atoms with Gasteiger partial charge in [-0.25, -0.2) is 13.8 Å². The molecule has 0 bridgehead atoms. The Bertz CT molecular complexity index is 558. The largest absolute Gasteiger partial charge is 0.481 e. The van der Waals surface area contributed by atoms with Crippen molar-refractivity contribution in [1.82, 2.24) is 4.98 Å². The number of nitrogens with zero attached hydrogens (tertiary/aromatic N) is 1. The lowest BCUT2D eigenvalue weighted by Crippen LogP contribution is -2.15. The van der Waals surface area contributed by atoms with Gasteiger partial charge >= 0.3 is 0 Å². The minimum atomic E-state index is -0.631. The zero-order valence-electron chi connectivity index (χ0n) is 10.4. The number of hydrogen-bond donors (Lipinski definition) is 1. The molecule has 0 spiro atoms. The zero-order valence-corrected chi connectivity index (χ0v) is 10.4. The van der Waals surface area contributed by atoms with E-state index in [9.17, 15) is 8.78 Å². The SMILES string of the molecule is COc1ccc(CC(N)c2ccc(F)cc2F)cn1. The highest BCUT2D eigenvalue weighted by Gasteiger charge is 2.13. The predicted octanol–water partition coefficient (Wildman–Crippen LogP) is 2.61. The maximum Gasteiger partial charge on any atom is 0.212 e. The van der Waals surface area contributed by atoms with Crippen LogP contribution in [0.4, 0.5) is 8.78 Å². The summed E-state index contributed by atoms with van der Waals surface area (Å²) in [4.78, 5) is 4.05. The second-order valence-corrected chi connectivity index (χ2v) is 4.19. The molecule has 2 aromatic rings. The molecular weight excluding hydrogens is 250 g/mol. The third-order valence-corrected chi connectivity index (χ3v) is 2.82. The van der Waals surface area contributed by atoms with E-state index in [0.29, 0.717) is 12.3 Å². The van der Waals surface area contributed by atoms with Gasteiger partial charge in [0.1, 0.15) is 11.6 Å². The van der Waals surface area contributed by atoms with E-state index < -0.39 is 17.7 Å². The molecule has 1 unspecified atom stereocenters. The molecule has 0 saturated carbocycles. The number of aromatic nitrogens is 1. The molecule has 1 aromatic carbocycles. The molecule has 0 fully saturated rings. The van der Waals surface area contributed by atoms with Crippen molar-refractivity contribution in [3.05, 3.63) is 59.3 Å². The summed E-state index contributed by atoms with van der Waals surface area (Å²) >= 11 is 0. The van der Waals surface area contributed by atoms with Crippen LogP contribution in [0.1, 0.15) is 17.2 Å². The zero-order chi connectivity index (χ0) is 13.8. The van der Waals surface area contributed by atoms with E-state index >= 15 is 0 Å². The van der Waals surface area contributed by atoms with E-state index in [1.54, 1.807) is 12.3 Å². The molecule has 1 heterocycles. The van der Waals surface area contributed by atoms with Crippen molar-refractivity contribution in [2.24, 2.45) is 5.73 Å². The van der Waals surface area contributed by atoms with Gasteiger partial charge < -0.3 is 10.5 Å². The van der Waals surface area contributed by atoms with E-state index in [1.807, 2.05) is 6.07 Å². The Hall–Kier alpha value is -2.01. The summed E-state index contributed by atoms with van der Waals surface area (Å²) < 4.78 is 31.3. The van der Waals surface area contributed by atoms with E-state index in [2.05, 4.69) is 4.98 Å². The van der Waals surface area contributed by atoms with Gasteiger partial charge in [0.15, 0.2) is 0 Å². The Kier molecular flexibility index (Phi) is 4.06. The number of nitrogens with two attached hydrogens (primary N) is 1. The smallest absolute Gasteiger partial charge is 0.212 e. The average Bonchev–Trinajstić information content (AvgIpc) is 2.39. The second kappa shape index (κ2) is 5.75. The Balaban J connectivity index is 2.13. The van der Waals surface area contributed by atoms with Gasteiger partial charge in [-0.05, 0) is 18.1 Å². The molecule has 3 nitrogen and oxygen atoms in total. The molecule has 0 aliphatic heterocycles. The van der Waals surface area contributed by atoms with Crippen molar-refractivity contribution in [3.8, 4) is 5.88 Å². The second-order valence-electron chi connectivity index (χ2n) is 4.19. The lowest BCUT2D eigenvalue weighted by Gasteiger charge is -2.13. The fourth-order valence-electron chi connectivity index (χ4n) is 1.82. The van der Waals surface area contributed by atoms with Gasteiger partial charge in [0.05, 0.1) is 7.11 Å². The third kappa shape index (κ3) is 3.26. The molecule has 0 radical (unpaired) electrons. The molecule has 5 heteroatoms. The van der Waals surface area contributed by atoms with Gasteiger partial charge in [-0.1, -0.05) is 12.1 Å². The van der Waals surface area contributed by atoms with Crippen LogP contribution in [0.15, 0.2) is 36.5 Å². The van der Waals surface area contributed by atoms with Crippen molar-refractivity contribution in [1.29, 1.82) is 0 Å². The highest BCUT2D eigenvalue weighted by atomic mass is 19.1. The summed E-state index contributed by atoms with van der Waals surface area (Å²) in [5.74, 6) is -0.737. The third-order valence-electron chi connectivity index (χ3n) is 2.82. The molecule has 2 rings (SSSR count). The molecule has 0 saturated heterocycles. The van der Waals surface area contributed by atoms with Crippen molar-refractivity contribution in [2.75, 3.05) is 7.11 Å². The Labute approximate surface area is 110 Å². The summed E-state index contributed by atoms with van der Waals surface area (Å²) in [7, 11) is 1.53. The summed E-state index contributed by atoms with van der Waals surface area (Å²) in [6, 6.07) is 6.38. The topological polar surface area (TPSA) is 48.1 Å². The van der Waals surface area contributed by atoms with E-state index in [-0.39, 0.29) is 5.56 Å². The summed E-state index contributed by atoms with van der Waals surface area (Å²) in [6.45, 7) is 0. The van der Waals surface area contributed by atoms with Crippen LogP contribution in [-0.2, 0) is 6.42 Å². The highest BCUT2D eigenvalue weighted by Crippen LogP contribution is 2.20. The summed E-state index contributed by atoms with van der Waals surface area (Å²) in [5.41, 5.74) is 7.07. The predicted molar refractivity (Wildman–Crippen MR) is 67.8 cm³/mol. The Morgan fingerprint density at radius 1 is 1.26 bits per heavy atom. The van der Waals surface area contributed by atoms with Crippen LogP contribution in [0, 0.1) is 11.6 Å². The number of rotatable bonds is 4. The fraction of sp³-hybridized carbons (Fsp3) is 0.214. The summed E-state index contributed by atoms with van der Waals surface area (Å²) in [6.07, 6.45) is 2.04. The minimum absolute atomic E-state index is 0.289. The van der Waals surface area contributed by atoms with Crippen LogP contribution in [0.2, 0.25) is 0 Å². The molecule has 0 aliphatic carbocycles. The molecule has 2 N–H and O–H groups in total. The standard InChI is InChI=1S/C14H14F2N2O/c1-19-14-5-2-9(8-18-14)6-13(17)11-4-3-10(15)7-12(11)16/h2-5,7-8,13H,6,17H2,1H3. The van der Waals surface area contributed by atoms with Crippen LogP contribution in [0.3, 0.4) is 0 Å². The molecular formula is C14H14F2N2O. The first-order valence-electron chi connectivity index (χ1n) is 5.79. The first kappa shape index (κ1) is 13.4. The van der Waals surface area contributed by atoms with Crippen molar-refractivity contribution in [3.63, 3.8) is 0 Å². The van der Waals surface area contributed by atoms with Gasteiger partial charge in [-0.3, -0.25) is 0 Å². The van der Waals surface area contributed by atoms with Crippen molar-refractivity contribution >= 4 is 0 Å². The van der Waals surface area contributed by atoms with Crippen LogP contribution in [0.5, 0.6) is 5.88 Å². The lowest BCUT2D eigenvalue weighted by atomic mass is 10.0. The monoisotopic (exact) mass is 264 g/mol. The van der Waals surface area contributed by atoms with Crippen LogP contribution >= 0.6 is 0 Å². The molecule has 19 heavy (non-hydrogen) atoms. The lowest BCUT2D eigenvalue weighted by molar-refractivity contribution is 0.397. The van der Waals surface area contributed by atoms with Crippen molar-refractivity contribution < 1.29 is 13.5 Å². The number of pyridine rings is 1. The maximum atomic E-state index is 13.6. The Morgan fingerprint density at radius 2 is 2.05 bits per heavy atom. The number of hydrogen-bond acceptors (Lipinski definition) is 3. The van der Waals surface area contributed by atoms with Gasteiger partial charge in [0.2, 0.25) is 5.88 Å². The first-order chi connectivity index (χ1) is 9.10. The minimum Gasteiger partial charge on any atom is -0.481 e. The highest BCUT2D eigenvalue weighted by molar-refractivity contribution is 5.25. The normalized spacial score (nSPS) is 12.2. The van der Waals surface area contributed by atoms with Crippen molar-refractivity contribution in [2.45, 2.75) is 12.5 Å². The number of benzene rings is 1. The maximum absolute atomic E-state index is 13.6. The molecule has 100 valence electrons. The molecule has 0 amide bonds. The average molecular weight is 264 g/mol. The van der Waals surface area contributed by atoms with Crippen LogP contribution in [-0.4, -0.2) is 12.1 Å². The number of halogens is 2. The number of methoxy groups -OCH3 is 1. The van der Waals surface area contributed by atoms with E-state index in [1.165, 1.54) is 19.2 Å². The van der Waals surface area contributed by atoms with E-state index in [0.717, 1.165) is 11.6 Å². The van der Waals surface area contributed by atoms with E-state index in [4.69, 9.17) is 10.5 Å².